The maximum Gasteiger partial charge on any atom is 0.138 e. The van der Waals surface area contributed by atoms with Crippen LogP contribution in [0.5, 0.6) is 5.75 Å². The number of rotatable bonds is 3. The molecule has 3 unspecified atom stereocenters. The Labute approximate surface area is 123 Å². The van der Waals surface area contributed by atoms with E-state index in [9.17, 15) is 0 Å². The molecule has 0 radical (unpaired) electrons. The highest BCUT2D eigenvalue weighted by Crippen LogP contribution is 2.46. The molecular formula is C14H17Cl3O. The molecule has 1 aliphatic rings. The predicted molar refractivity (Wildman–Crippen MR) is 78.1 cm³/mol. The van der Waals surface area contributed by atoms with Crippen LogP contribution < -0.4 is 4.74 Å². The zero-order valence-corrected chi connectivity index (χ0v) is 12.8. The van der Waals surface area contributed by atoms with E-state index in [2.05, 4.69) is 6.92 Å². The summed E-state index contributed by atoms with van der Waals surface area (Å²) in [6.45, 7) is 2.26. The lowest BCUT2D eigenvalue weighted by Crippen LogP contribution is -2.11. The van der Waals surface area contributed by atoms with Crippen molar-refractivity contribution in [2.75, 3.05) is 7.11 Å². The zero-order valence-electron chi connectivity index (χ0n) is 10.6. The van der Waals surface area contributed by atoms with Crippen molar-refractivity contribution in [3.05, 3.63) is 27.7 Å². The number of hydrogen-bond donors (Lipinski definition) is 0. The number of halogens is 3. The highest BCUT2D eigenvalue weighted by molar-refractivity contribution is 6.35. The second-order valence-corrected chi connectivity index (χ2v) is 6.27. The second kappa shape index (κ2) is 5.90. The standard InChI is InChI=1S/C14H17Cl3O/c1-8-4-3-5-9(8)14(17)10-6-12(16)13(18-2)7-11(10)15/h6-9,14H,3-5H2,1-2H3. The molecule has 0 saturated heterocycles. The molecule has 1 aromatic rings. The SMILES string of the molecule is COc1cc(Cl)c(C(Cl)C2CCCC2C)cc1Cl. The summed E-state index contributed by atoms with van der Waals surface area (Å²) < 4.78 is 5.15. The Hall–Kier alpha value is -0.110. The monoisotopic (exact) mass is 306 g/mol. The van der Waals surface area contributed by atoms with Gasteiger partial charge in [0.1, 0.15) is 5.75 Å². The highest BCUT2D eigenvalue weighted by atomic mass is 35.5. The molecule has 1 aromatic carbocycles. The summed E-state index contributed by atoms with van der Waals surface area (Å²) in [5.74, 6) is 1.71. The molecule has 1 saturated carbocycles. The maximum absolute atomic E-state index is 6.60. The lowest BCUT2D eigenvalue weighted by Gasteiger charge is -2.23. The van der Waals surface area contributed by atoms with Gasteiger partial charge in [0.05, 0.1) is 17.5 Å². The van der Waals surface area contributed by atoms with Crippen molar-refractivity contribution in [1.82, 2.24) is 0 Å². The first-order valence-electron chi connectivity index (χ1n) is 6.21. The Balaban J connectivity index is 2.30. The Morgan fingerprint density at radius 2 is 1.94 bits per heavy atom. The Morgan fingerprint density at radius 1 is 1.22 bits per heavy atom. The fraction of sp³-hybridized carbons (Fsp3) is 0.571. The molecule has 4 heteroatoms. The first-order chi connectivity index (χ1) is 8.54. The van der Waals surface area contributed by atoms with Crippen molar-refractivity contribution in [3.63, 3.8) is 0 Å². The lowest BCUT2D eigenvalue weighted by molar-refractivity contribution is 0.403. The van der Waals surface area contributed by atoms with Gasteiger partial charge in [0, 0.05) is 11.1 Å². The van der Waals surface area contributed by atoms with Crippen molar-refractivity contribution in [2.24, 2.45) is 11.8 Å². The third-order valence-electron chi connectivity index (χ3n) is 3.87. The molecule has 1 fully saturated rings. The van der Waals surface area contributed by atoms with Crippen LogP contribution in [0.25, 0.3) is 0 Å². The summed E-state index contributed by atoms with van der Waals surface area (Å²) in [7, 11) is 1.58. The number of alkyl halides is 1. The van der Waals surface area contributed by atoms with Gasteiger partial charge in [-0.25, -0.2) is 0 Å². The van der Waals surface area contributed by atoms with Crippen molar-refractivity contribution in [2.45, 2.75) is 31.6 Å². The summed E-state index contributed by atoms with van der Waals surface area (Å²) in [5.41, 5.74) is 0.919. The van der Waals surface area contributed by atoms with Crippen LogP contribution in [-0.2, 0) is 0 Å². The molecule has 0 bridgehead atoms. The minimum absolute atomic E-state index is 0.0709. The van der Waals surface area contributed by atoms with Gasteiger partial charge in [-0.1, -0.05) is 43.0 Å². The average Bonchev–Trinajstić information content (AvgIpc) is 2.77. The summed E-state index contributed by atoms with van der Waals surface area (Å²) in [6.07, 6.45) is 3.65. The molecule has 0 heterocycles. The Morgan fingerprint density at radius 3 is 2.50 bits per heavy atom. The molecule has 0 spiro atoms. The molecule has 0 aliphatic heterocycles. The van der Waals surface area contributed by atoms with Crippen molar-refractivity contribution in [3.8, 4) is 5.75 Å². The van der Waals surface area contributed by atoms with E-state index in [-0.39, 0.29) is 5.38 Å². The quantitative estimate of drug-likeness (QED) is 0.649. The zero-order chi connectivity index (χ0) is 13.3. The van der Waals surface area contributed by atoms with E-state index in [1.54, 1.807) is 13.2 Å². The van der Waals surface area contributed by atoms with E-state index in [0.29, 0.717) is 27.6 Å². The molecule has 0 N–H and O–H groups in total. The lowest BCUT2D eigenvalue weighted by atomic mass is 9.90. The van der Waals surface area contributed by atoms with Crippen molar-refractivity contribution >= 4 is 34.8 Å². The number of ether oxygens (including phenoxy) is 1. The fourth-order valence-corrected chi connectivity index (χ4v) is 3.88. The molecule has 2 rings (SSSR count). The normalized spacial score (nSPS) is 25.2. The Kier molecular flexibility index (Phi) is 4.69. The number of benzene rings is 1. The first kappa shape index (κ1) is 14.3. The molecule has 0 amide bonds. The Bertz CT molecular complexity index is 433. The van der Waals surface area contributed by atoms with E-state index in [1.807, 2.05) is 6.07 Å². The van der Waals surface area contributed by atoms with Gasteiger partial charge in [-0.15, -0.1) is 11.6 Å². The largest absolute Gasteiger partial charge is 0.495 e. The van der Waals surface area contributed by atoms with Crippen molar-refractivity contribution in [1.29, 1.82) is 0 Å². The van der Waals surface area contributed by atoms with Crippen LogP contribution in [0.1, 0.15) is 37.1 Å². The third kappa shape index (κ3) is 2.74. The number of methoxy groups -OCH3 is 1. The van der Waals surface area contributed by atoms with E-state index >= 15 is 0 Å². The minimum atomic E-state index is -0.0709. The van der Waals surface area contributed by atoms with Crippen LogP contribution in [0, 0.1) is 11.8 Å². The molecule has 1 aliphatic carbocycles. The summed E-state index contributed by atoms with van der Waals surface area (Å²) in [4.78, 5) is 0. The molecule has 100 valence electrons. The van der Waals surface area contributed by atoms with Crippen LogP contribution in [0.2, 0.25) is 10.0 Å². The predicted octanol–water partition coefficient (Wildman–Crippen LogP) is 5.72. The third-order valence-corrected chi connectivity index (χ3v) is 5.05. The van der Waals surface area contributed by atoms with Gasteiger partial charge >= 0.3 is 0 Å². The van der Waals surface area contributed by atoms with Gasteiger partial charge in [0.25, 0.3) is 0 Å². The maximum atomic E-state index is 6.60. The van der Waals surface area contributed by atoms with Gasteiger partial charge in [-0.2, -0.15) is 0 Å². The highest BCUT2D eigenvalue weighted by Gasteiger charge is 2.32. The minimum Gasteiger partial charge on any atom is -0.495 e. The second-order valence-electron chi connectivity index (χ2n) is 4.98. The average molecular weight is 308 g/mol. The van der Waals surface area contributed by atoms with E-state index in [0.717, 1.165) is 12.0 Å². The van der Waals surface area contributed by atoms with Gasteiger partial charge in [0.2, 0.25) is 0 Å². The van der Waals surface area contributed by atoms with Gasteiger partial charge < -0.3 is 4.74 Å². The van der Waals surface area contributed by atoms with Crippen LogP contribution in [-0.4, -0.2) is 7.11 Å². The van der Waals surface area contributed by atoms with Crippen molar-refractivity contribution < 1.29 is 4.74 Å². The van der Waals surface area contributed by atoms with Crippen LogP contribution in [0.15, 0.2) is 12.1 Å². The molecule has 1 nitrogen and oxygen atoms in total. The summed E-state index contributed by atoms with van der Waals surface area (Å²) in [6, 6.07) is 3.58. The molecule has 0 aromatic heterocycles. The van der Waals surface area contributed by atoms with E-state index < -0.39 is 0 Å². The van der Waals surface area contributed by atoms with Crippen LogP contribution >= 0.6 is 34.8 Å². The molecule has 3 atom stereocenters. The first-order valence-corrected chi connectivity index (χ1v) is 7.40. The molecule has 18 heavy (non-hydrogen) atoms. The number of hydrogen-bond acceptors (Lipinski definition) is 1. The smallest absolute Gasteiger partial charge is 0.138 e. The topological polar surface area (TPSA) is 9.23 Å². The van der Waals surface area contributed by atoms with Crippen LogP contribution in [0.3, 0.4) is 0 Å². The summed E-state index contributed by atoms with van der Waals surface area (Å²) in [5, 5.41) is 1.13. The molecular weight excluding hydrogens is 291 g/mol. The fourth-order valence-electron chi connectivity index (χ4n) is 2.75. The van der Waals surface area contributed by atoms with E-state index in [1.165, 1.54) is 12.8 Å². The van der Waals surface area contributed by atoms with Gasteiger partial charge in [-0.3, -0.25) is 0 Å². The van der Waals surface area contributed by atoms with Gasteiger partial charge in [0.15, 0.2) is 0 Å². The van der Waals surface area contributed by atoms with Gasteiger partial charge in [-0.05, 0) is 29.9 Å². The van der Waals surface area contributed by atoms with Crippen LogP contribution in [0.4, 0.5) is 0 Å². The summed E-state index contributed by atoms with van der Waals surface area (Å²) >= 11 is 19.0. The van der Waals surface area contributed by atoms with E-state index in [4.69, 9.17) is 39.5 Å².